The van der Waals surface area contributed by atoms with Crippen molar-refractivity contribution in [1.82, 2.24) is 20.0 Å². The molecule has 2 aliphatic heterocycles. The van der Waals surface area contributed by atoms with Crippen LogP contribution in [0, 0.1) is 0 Å². The molecule has 1 N–H and O–H groups in total. The molecule has 3 rings (SSSR count). The molecule has 3 fully saturated rings. The fourth-order valence-corrected chi connectivity index (χ4v) is 2.91. The van der Waals surface area contributed by atoms with E-state index in [1.807, 2.05) is 4.90 Å². The van der Waals surface area contributed by atoms with Gasteiger partial charge in [-0.3, -0.25) is 19.4 Å². The Kier molecular flexibility index (Phi) is 5.28. The molecule has 0 radical (unpaired) electrons. The number of rotatable bonds is 5. The van der Waals surface area contributed by atoms with Gasteiger partial charge in [0.1, 0.15) is 0 Å². The van der Waals surface area contributed by atoms with Gasteiger partial charge in [-0.05, 0) is 12.8 Å². The molecule has 22 heavy (non-hydrogen) atoms. The lowest BCUT2D eigenvalue weighted by Crippen LogP contribution is -2.53. The Morgan fingerprint density at radius 2 is 1.55 bits per heavy atom. The average Bonchev–Trinajstić information content (AvgIpc) is 3.32. The third-order valence-corrected chi connectivity index (χ3v) is 4.50. The van der Waals surface area contributed by atoms with E-state index in [0.717, 1.165) is 65.3 Å². The molecule has 0 bridgehead atoms. The van der Waals surface area contributed by atoms with E-state index < -0.39 is 0 Å². The highest BCUT2D eigenvalue weighted by Gasteiger charge is 2.27. The summed E-state index contributed by atoms with van der Waals surface area (Å²) >= 11 is 0. The Morgan fingerprint density at radius 1 is 0.909 bits per heavy atom. The van der Waals surface area contributed by atoms with Crippen molar-refractivity contribution in [2.75, 3.05) is 65.6 Å². The van der Waals surface area contributed by atoms with E-state index in [9.17, 15) is 9.59 Å². The zero-order valence-corrected chi connectivity index (χ0v) is 13.1. The molecule has 7 nitrogen and oxygen atoms in total. The third kappa shape index (κ3) is 4.66. The zero-order valence-electron chi connectivity index (χ0n) is 13.1. The van der Waals surface area contributed by atoms with Crippen LogP contribution in [0.25, 0.3) is 0 Å². The van der Waals surface area contributed by atoms with Crippen molar-refractivity contribution in [3.8, 4) is 0 Å². The van der Waals surface area contributed by atoms with Gasteiger partial charge in [0.15, 0.2) is 0 Å². The zero-order chi connectivity index (χ0) is 15.4. The highest BCUT2D eigenvalue weighted by atomic mass is 16.5. The largest absolute Gasteiger partial charge is 0.379 e. The van der Waals surface area contributed by atoms with E-state index in [4.69, 9.17) is 4.74 Å². The van der Waals surface area contributed by atoms with Gasteiger partial charge in [0.05, 0.1) is 26.3 Å². The number of hydrogen-bond donors (Lipinski definition) is 1. The lowest BCUT2D eigenvalue weighted by atomic mass is 10.3. The molecule has 0 unspecified atom stereocenters. The first-order valence-corrected chi connectivity index (χ1v) is 8.30. The molecule has 3 aliphatic rings. The first-order valence-electron chi connectivity index (χ1n) is 8.30. The summed E-state index contributed by atoms with van der Waals surface area (Å²) in [5, 5.41) is 3.01. The molecule has 2 amide bonds. The van der Waals surface area contributed by atoms with Gasteiger partial charge < -0.3 is 15.0 Å². The molecular weight excluding hydrogens is 284 g/mol. The van der Waals surface area contributed by atoms with E-state index in [1.54, 1.807) is 0 Å². The van der Waals surface area contributed by atoms with Gasteiger partial charge in [-0.2, -0.15) is 0 Å². The van der Waals surface area contributed by atoms with Crippen LogP contribution in [0.3, 0.4) is 0 Å². The topological polar surface area (TPSA) is 65.1 Å². The number of amides is 2. The van der Waals surface area contributed by atoms with Crippen molar-refractivity contribution in [1.29, 1.82) is 0 Å². The van der Waals surface area contributed by atoms with Crippen molar-refractivity contribution in [2.24, 2.45) is 0 Å². The predicted molar refractivity (Wildman–Crippen MR) is 81.4 cm³/mol. The third-order valence-electron chi connectivity index (χ3n) is 4.50. The van der Waals surface area contributed by atoms with Gasteiger partial charge in [0.25, 0.3) is 0 Å². The van der Waals surface area contributed by atoms with E-state index in [-0.39, 0.29) is 11.8 Å². The minimum absolute atomic E-state index is 0.121. The van der Waals surface area contributed by atoms with Gasteiger partial charge in [0, 0.05) is 45.3 Å². The fourth-order valence-electron chi connectivity index (χ4n) is 2.91. The van der Waals surface area contributed by atoms with E-state index in [2.05, 4.69) is 15.1 Å². The second-order valence-electron chi connectivity index (χ2n) is 6.39. The summed E-state index contributed by atoms with van der Waals surface area (Å²) in [6, 6.07) is 0.420. The van der Waals surface area contributed by atoms with Crippen molar-refractivity contribution in [3.63, 3.8) is 0 Å². The van der Waals surface area contributed by atoms with Crippen molar-refractivity contribution < 1.29 is 14.3 Å². The maximum Gasteiger partial charge on any atom is 0.236 e. The van der Waals surface area contributed by atoms with Gasteiger partial charge in [0.2, 0.25) is 11.8 Å². The number of nitrogens with one attached hydrogen (secondary N) is 1. The van der Waals surface area contributed by atoms with Crippen LogP contribution in [0.4, 0.5) is 0 Å². The Hall–Kier alpha value is -1.18. The van der Waals surface area contributed by atoms with Crippen molar-refractivity contribution >= 4 is 11.8 Å². The maximum atomic E-state index is 12.3. The highest BCUT2D eigenvalue weighted by molar-refractivity contribution is 5.79. The molecule has 2 saturated heterocycles. The second-order valence-corrected chi connectivity index (χ2v) is 6.39. The number of piperazine rings is 1. The maximum absolute atomic E-state index is 12.3. The first kappa shape index (κ1) is 15.7. The van der Waals surface area contributed by atoms with E-state index in [1.165, 1.54) is 0 Å². The van der Waals surface area contributed by atoms with Crippen molar-refractivity contribution in [2.45, 2.75) is 18.9 Å². The second kappa shape index (κ2) is 7.39. The Morgan fingerprint density at radius 3 is 2.18 bits per heavy atom. The average molecular weight is 310 g/mol. The molecule has 7 heteroatoms. The Bertz CT molecular complexity index is 400. The summed E-state index contributed by atoms with van der Waals surface area (Å²) in [5.41, 5.74) is 0. The van der Waals surface area contributed by atoms with Crippen LogP contribution in [0.5, 0.6) is 0 Å². The minimum Gasteiger partial charge on any atom is -0.379 e. The van der Waals surface area contributed by atoms with Crippen molar-refractivity contribution in [3.05, 3.63) is 0 Å². The van der Waals surface area contributed by atoms with Crippen LogP contribution >= 0.6 is 0 Å². The Labute approximate surface area is 131 Å². The smallest absolute Gasteiger partial charge is 0.236 e. The van der Waals surface area contributed by atoms with Gasteiger partial charge >= 0.3 is 0 Å². The molecule has 124 valence electrons. The number of ether oxygens (including phenoxy) is 1. The lowest BCUT2D eigenvalue weighted by molar-refractivity contribution is -0.135. The number of carbonyl (C=O) groups is 2. The number of morpholine rings is 1. The van der Waals surface area contributed by atoms with E-state index in [0.29, 0.717) is 19.1 Å². The molecule has 1 aliphatic carbocycles. The number of carbonyl (C=O) groups excluding carboxylic acids is 2. The molecule has 0 aromatic rings. The molecule has 0 aromatic heterocycles. The van der Waals surface area contributed by atoms with Crippen LogP contribution in [-0.2, 0) is 14.3 Å². The Balaban J connectivity index is 1.35. The summed E-state index contributed by atoms with van der Waals surface area (Å²) in [6.07, 6.45) is 2.24. The van der Waals surface area contributed by atoms with Crippen LogP contribution in [0.2, 0.25) is 0 Å². The monoisotopic (exact) mass is 310 g/mol. The van der Waals surface area contributed by atoms with Crippen LogP contribution in [-0.4, -0.2) is 98.1 Å². The lowest BCUT2D eigenvalue weighted by Gasteiger charge is -2.36. The highest BCUT2D eigenvalue weighted by Crippen LogP contribution is 2.18. The SMILES string of the molecule is O=C(CN1CCN(C(=O)CN2CCOCC2)CC1)NC1CC1. The summed E-state index contributed by atoms with van der Waals surface area (Å²) in [7, 11) is 0. The molecular formula is C15H26N4O3. The molecule has 0 spiro atoms. The number of hydrogen-bond acceptors (Lipinski definition) is 5. The molecule has 1 saturated carbocycles. The van der Waals surface area contributed by atoms with Crippen LogP contribution < -0.4 is 5.32 Å². The van der Waals surface area contributed by atoms with Gasteiger partial charge in [-0.25, -0.2) is 0 Å². The van der Waals surface area contributed by atoms with Crippen LogP contribution in [0.1, 0.15) is 12.8 Å². The standard InChI is InChI=1S/C15H26N4O3/c20-14(16-13-1-2-13)11-17-3-5-19(6-4-17)15(21)12-18-7-9-22-10-8-18/h13H,1-12H2,(H,16,20). The quantitative estimate of drug-likeness (QED) is 0.687. The minimum atomic E-state index is 0.121. The summed E-state index contributed by atoms with van der Waals surface area (Å²) in [4.78, 5) is 30.3. The van der Waals surface area contributed by atoms with Gasteiger partial charge in [-0.1, -0.05) is 0 Å². The van der Waals surface area contributed by atoms with E-state index >= 15 is 0 Å². The van der Waals surface area contributed by atoms with Gasteiger partial charge in [-0.15, -0.1) is 0 Å². The van der Waals surface area contributed by atoms with Crippen LogP contribution in [0.15, 0.2) is 0 Å². The normalized spacial score (nSPS) is 24.3. The summed E-state index contributed by atoms with van der Waals surface area (Å²) in [5.74, 6) is 0.319. The number of nitrogens with zero attached hydrogens (tertiary/aromatic N) is 3. The summed E-state index contributed by atoms with van der Waals surface area (Å²) in [6.45, 7) is 7.08. The molecule has 0 aromatic carbocycles. The molecule has 0 atom stereocenters. The first-order chi connectivity index (χ1) is 10.7. The fraction of sp³-hybridized carbons (Fsp3) is 0.867. The molecule has 2 heterocycles. The summed E-state index contributed by atoms with van der Waals surface area (Å²) < 4.78 is 5.30. The predicted octanol–water partition coefficient (Wildman–Crippen LogP) is -1.26.